The Hall–Kier alpha value is -2.69. The average Bonchev–Trinajstić information content (AvgIpc) is 3.42. The molecule has 2 N–H and O–H groups in total. The van der Waals surface area contributed by atoms with E-state index in [1.807, 2.05) is 12.1 Å². The molecule has 1 aromatic rings. The Labute approximate surface area is 202 Å². The van der Waals surface area contributed by atoms with E-state index >= 15 is 0 Å². The Kier molecular flexibility index (Phi) is 4.52. The van der Waals surface area contributed by atoms with Gasteiger partial charge in [-0.1, -0.05) is 20.8 Å². The lowest BCUT2D eigenvalue weighted by atomic mass is 9.52. The SMILES string of the molecule is CC(C)(C)[C@]1(O)C[C@@H]2OC(=O)C[C@@]23C(=O)O[C@@H]2N(c4ccc(N5CCOCC5)cc4)C(=O)[C@H](O)[C@]213. The van der Waals surface area contributed by atoms with Crippen LogP contribution in [0.3, 0.4) is 0 Å². The van der Waals surface area contributed by atoms with Gasteiger partial charge in [-0.2, -0.15) is 0 Å². The third-order valence-corrected chi connectivity index (χ3v) is 9.00. The Balaban J connectivity index is 1.48. The van der Waals surface area contributed by atoms with Gasteiger partial charge in [0, 0.05) is 30.9 Å². The number of ether oxygens (including phenoxy) is 3. The molecular formula is C25H30N2O8. The molecule has 2 spiro atoms. The highest BCUT2D eigenvalue weighted by Crippen LogP contribution is 2.76. The summed E-state index contributed by atoms with van der Waals surface area (Å²) in [4.78, 5) is 43.0. The molecule has 35 heavy (non-hydrogen) atoms. The van der Waals surface area contributed by atoms with Gasteiger partial charge in [0.05, 0.1) is 25.2 Å². The summed E-state index contributed by atoms with van der Waals surface area (Å²) in [5.41, 5.74) is -4.63. The largest absolute Gasteiger partial charge is 0.461 e. The highest BCUT2D eigenvalue weighted by Gasteiger charge is 2.92. The van der Waals surface area contributed by atoms with Crippen LogP contribution in [-0.2, 0) is 28.6 Å². The van der Waals surface area contributed by atoms with Crippen LogP contribution >= 0.6 is 0 Å². The fourth-order valence-electron chi connectivity index (χ4n) is 7.31. The summed E-state index contributed by atoms with van der Waals surface area (Å²) < 4.78 is 16.7. The van der Waals surface area contributed by atoms with Crippen molar-refractivity contribution < 1.29 is 38.8 Å². The molecular weight excluding hydrogens is 456 g/mol. The van der Waals surface area contributed by atoms with Crippen LogP contribution < -0.4 is 9.80 Å². The van der Waals surface area contributed by atoms with Gasteiger partial charge in [0.2, 0.25) is 0 Å². The van der Waals surface area contributed by atoms with E-state index in [4.69, 9.17) is 14.2 Å². The van der Waals surface area contributed by atoms with Crippen molar-refractivity contribution in [3.63, 3.8) is 0 Å². The molecule has 1 aromatic carbocycles. The van der Waals surface area contributed by atoms with Gasteiger partial charge in [-0.3, -0.25) is 19.3 Å². The second-order valence-electron chi connectivity index (χ2n) is 11.3. The highest BCUT2D eigenvalue weighted by atomic mass is 16.6. The number of rotatable bonds is 2. The second-order valence-corrected chi connectivity index (χ2v) is 11.3. The van der Waals surface area contributed by atoms with Gasteiger partial charge >= 0.3 is 11.9 Å². The first-order valence-corrected chi connectivity index (χ1v) is 12.1. The summed E-state index contributed by atoms with van der Waals surface area (Å²) in [6.07, 6.45) is -4.44. The average molecular weight is 487 g/mol. The number of amides is 1. The molecule has 0 unspecified atom stereocenters. The van der Waals surface area contributed by atoms with E-state index in [0.717, 1.165) is 18.8 Å². The molecule has 0 radical (unpaired) electrons. The molecule has 1 saturated carbocycles. The molecule has 10 nitrogen and oxygen atoms in total. The fraction of sp³-hybridized carbons (Fsp3) is 0.640. The van der Waals surface area contributed by atoms with Crippen molar-refractivity contribution in [1.29, 1.82) is 0 Å². The molecule has 4 heterocycles. The predicted octanol–water partition coefficient (Wildman–Crippen LogP) is 0.583. The van der Waals surface area contributed by atoms with E-state index in [1.165, 1.54) is 4.90 Å². The number of carbonyl (C=O) groups excluding carboxylic acids is 3. The molecule has 1 amide bonds. The number of aliphatic hydroxyl groups excluding tert-OH is 1. The quantitative estimate of drug-likeness (QED) is 0.578. The van der Waals surface area contributed by atoms with Crippen LogP contribution in [0.4, 0.5) is 11.4 Å². The third kappa shape index (κ3) is 2.47. The zero-order chi connectivity index (χ0) is 25.0. The maximum Gasteiger partial charge on any atom is 0.319 e. The van der Waals surface area contributed by atoms with Crippen LogP contribution in [0.2, 0.25) is 0 Å². The summed E-state index contributed by atoms with van der Waals surface area (Å²) >= 11 is 0. The molecule has 188 valence electrons. The van der Waals surface area contributed by atoms with Gasteiger partial charge in [-0.05, 0) is 29.7 Å². The van der Waals surface area contributed by atoms with Gasteiger partial charge in [-0.25, -0.2) is 0 Å². The molecule has 5 fully saturated rings. The minimum Gasteiger partial charge on any atom is -0.461 e. The van der Waals surface area contributed by atoms with Crippen molar-refractivity contribution in [3.05, 3.63) is 24.3 Å². The first-order valence-electron chi connectivity index (χ1n) is 12.1. The van der Waals surface area contributed by atoms with Crippen molar-refractivity contribution in [2.45, 2.75) is 57.6 Å². The second kappa shape index (κ2) is 6.96. The highest BCUT2D eigenvalue weighted by molar-refractivity contribution is 6.05. The van der Waals surface area contributed by atoms with Gasteiger partial charge in [-0.15, -0.1) is 0 Å². The van der Waals surface area contributed by atoms with Crippen molar-refractivity contribution in [3.8, 4) is 0 Å². The number of morpholine rings is 1. The standard InChI is InChI=1S/C25H30N2O8/c1-22(2,3)24(32)12-16-23(13-17(28)34-16)21(31)35-20-25(23,24)18(29)19(30)27(20)15-6-4-14(5-7-15)26-8-10-33-11-9-26/h4-7,16,18,20,29,32H,8-13H2,1-3H3/t16-,18-,20-,23-,24+,25+/m0/s1. The van der Waals surface area contributed by atoms with E-state index in [9.17, 15) is 24.6 Å². The lowest BCUT2D eigenvalue weighted by Gasteiger charge is -2.51. The zero-order valence-corrected chi connectivity index (χ0v) is 20.0. The van der Waals surface area contributed by atoms with Gasteiger partial charge in [0.15, 0.2) is 6.23 Å². The minimum absolute atomic E-state index is 0.0675. The number of hydrogen-bond acceptors (Lipinski definition) is 9. The molecule has 6 rings (SSSR count). The fourth-order valence-corrected chi connectivity index (χ4v) is 7.31. The lowest BCUT2D eigenvalue weighted by molar-refractivity contribution is -0.204. The van der Waals surface area contributed by atoms with Gasteiger partial charge in [0.25, 0.3) is 5.91 Å². The lowest BCUT2D eigenvalue weighted by Crippen LogP contribution is -2.65. The normalized spacial score (nSPS) is 40.5. The number of benzene rings is 1. The number of esters is 2. The number of anilines is 2. The number of nitrogens with zero attached hydrogens (tertiary/aromatic N) is 2. The summed E-state index contributed by atoms with van der Waals surface area (Å²) in [7, 11) is 0. The van der Waals surface area contributed by atoms with E-state index in [-0.39, 0.29) is 12.8 Å². The first-order chi connectivity index (χ1) is 16.5. The van der Waals surface area contributed by atoms with Crippen molar-refractivity contribution in [2.75, 3.05) is 36.1 Å². The van der Waals surface area contributed by atoms with Crippen LogP contribution in [-0.4, -0.2) is 78.4 Å². The van der Waals surface area contributed by atoms with Crippen molar-refractivity contribution in [1.82, 2.24) is 0 Å². The first kappa shape index (κ1) is 22.8. The third-order valence-electron chi connectivity index (χ3n) is 9.00. The molecule has 0 aromatic heterocycles. The molecule has 1 aliphatic carbocycles. The predicted molar refractivity (Wildman–Crippen MR) is 121 cm³/mol. The number of hydrogen-bond donors (Lipinski definition) is 2. The molecule has 6 atom stereocenters. The molecule has 4 aliphatic heterocycles. The number of carbonyl (C=O) groups is 3. The Morgan fingerprint density at radius 2 is 1.63 bits per heavy atom. The van der Waals surface area contributed by atoms with E-state index in [2.05, 4.69) is 4.90 Å². The molecule has 0 bridgehead atoms. The van der Waals surface area contributed by atoms with Gasteiger partial charge in [0.1, 0.15) is 23.0 Å². The van der Waals surface area contributed by atoms with Crippen LogP contribution in [0.1, 0.15) is 33.6 Å². The van der Waals surface area contributed by atoms with Gasteiger partial charge < -0.3 is 29.3 Å². The molecule has 5 aliphatic rings. The van der Waals surface area contributed by atoms with E-state index in [1.54, 1.807) is 32.9 Å². The van der Waals surface area contributed by atoms with E-state index < -0.39 is 58.1 Å². The summed E-state index contributed by atoms with van der Waals surface area (Å²) in [5.74, 6) is -2.00. The smallest absolute Gasteiger partial charge is 0.319 e. The Morgan fingerprint density at radius 1 is 1.00 bits per heavy atom. The number of aliphatic hydroxyl groups is 2. The van der Waals surface area contributed by atoms with Crippen LogP contribution in [0.5, 0.6) is 0 Å². The maximum absolute atomic E-state index is 13.7. The van der Waals surface area contributed by atoms with Crippen LogP contribution in [0.15, 0.2) is 24.3 Å². The Bertz CT molecular complexity index is 1110. The topological polar surface area (TPSA) is 126 Å². The van der Waals surface area contributed by atoms with Crippen LogP contribution in [0, 0.1) is 16.2 Å². The van der Waals surface area contributed by atoms with Crippen LogP contribution in [0.25, 0.3) is 0 Å². The minimum atomic E-state index is -1.77. The molecule has 10 heteroatoms. The van der Waals surface area contributed by atoms with E-state index in [0.29, 0.717) is 18.9 Å². The maximum atomic E-state index is 13.7. The summed E-state index contributed by atoms with van der Waals surface area (Å²) in [6.45, 7) is 8.13. The van der Waals surface area contributed by atoms with Crippen molar-refractivity contribution >= 4 is 29.2 Å². The zero-order valence-electron chi connectivity index (χ0n) is 20.0. The van der Waals surface area contributed by atoms with Crippen molar-refractivity contribution in [2.24, 2.45) is 16.2 Å². The monoisotopic (exact) mass is 486 g/mol. The Morgan fingerprint density at radius 3 is 2.26 bits per heavy atom. The summed E-state index contributed by atoms with van der Waals surface area (Å²) in [6, 6.07) is 7.22. The summed E-state index contributed by atoms with van der Waals surface area (Å²) in [5, 5.41) is 23.8. The molecule has 4 saturated heterocycles.